The highest BCUT2D eigenvalue weighted by Crippen LogP contribution is 2.37. The molecular formula is C18H19NS. The standard InChI is InChI=1S/C18H19NS/c1-2-6-17-13(4-1)10-14-11-15(7-8-18(14)17)19-16-5-3-9-20-12-16/h1-2,4,6-8,11,16,19H,3,5,9-10,12H2. The van der Waals surface area contributed by atoms with Crippen molar-refractivity contribution in [3.63, 3.8) is 0 Å². The van der Waals surface area contributed by atoms with Gasteiger partial charge in [0.15, 0.2) is 0 Å². The second-order valence-corrected chi connectivity index (χ2v) is 6.91. The zero-order valence-electron chi connectivity index (χ0n) is 11.6. The Morgan fingerprint density at radius 2 is 1.90 bits per heavy atom. The van der Waals surface area contributed by atoms with Crippen LogP contribution in [0, 0.1) is 0 Å². The van der Waals surface area contributed by atoms with E-state index in [-0.39, 0.29) is 0 Å². The molecule has 1 fully saturated rings. The Morgan fingerprint density at radius 3 is 2.80 bits per heavy atom. The minimum absolute atomic E-state index is 0.649. The minimum atomic E-state index is 0.649. The van der Waals surface area contributed by atoms with Gasteiger partial charge in [0, 0.05) is 17.5 Å². The zero-order chi connectivity index (χ0) is 13.4. The summed E-state index contributed by atoms with van der Waals surface area (Å²) in [6.45, 7) is 0. The lowest BCUT2D eigenvalue weighted by molar-refractivity contribution is 0.685. The van der Waals surface area contributed by atoms with Crippen LogP contribution < -0.4 is 5.32 Å². The molecule has 1 atom stereocenters. The second kappa shape index (κ2) is 5.17. The molecule has 0 bridgehead atoms. The molecule has 1 heterocycles. The summed E-state index contributed by atoms with van der Waals surface area (Å²) in [5, 5.41) is 3.72. The van der Waals surface area contributed by atoms with Gasteiger partial charge < -0.3 is 5.32 Å². The van der Waals surface area contributed by atoms with Crippen molar-refractivity contribution in [1.82, 2.24) is 0 Å². The van der Waals surface area contributed by atoms with Crippen molar-refractivity contribution in [3.8, 4) is 11.1 Å². The quantitative estimate of drug-likeness (QED) is 0.738. The summed E-state index contributed by atoms with van der Waals surface area (Å²) in [5.41, 5.74) is 7.07. The Kier molecular flexibility index (Phi) is 3.19. The molecule has 0 amide bonds. The summed E-state index contributed by atoms with van der Waals surface area (Å²) < 4.78 is 0. The van der Waals surface area contributed by atoms with E-state index < -0.39 is 0 Å². The summed E-state index contributed by atoms with van der Waals surface area (Å²) >= 11 is 2.08. The van der Waals surface area contributed by atoms with Crippen molar-refractivity contribution in [2.45, 2.75) is 25.3 Å². The maximum Gasteiger partial charge on any atom is 0.0352 e. The first kappa shape index (κ1) is 12.3. The van der Waals surface area contributed by atoms with Gasteiger partial charge in [0.05, 0.1) is 0 Å². The number of thioether (sulfide) groups is 1. The third kappa shape index (κ3) is 2.22. The number of anilines is 1. The summed E-state index contributed by atoms with van der Waals surface area (Å²) in [5.74, 6) is 2.58. The van der Waals surface area contributed by atoms with Gasteiger partial charge in [0.2, 0.25) is 0 Å². The number of benzene rings is 2. The zero-order valence-corrected chi connectivity index (χ0v) is 12.4. The van der Waals surface area contributed by atoms with Crippen LogP contribution in [0.3, 0.4) is 0 Å². The van der Waals surface area contributed by atoms with Crippen molar-refractivity contribution in [2.75, 3.05) is 16.8 Å². The second-order valence-electron chi connectivity index (χ2n) is 5.76. The van der Waals surface area contributed by atoms with Crippen LogP contribution in [0.2, 0.25) is 0 Å². The van der Waals surface area contributed by atoms with Gasteiger partial charge in [-0.05, 0) is 59.4 Å². The summed E-state index contributed by atoms with van der Waals surface area (Å²) in [7, 11) is 0. The van der Waals surface area contributed by atoms with Crippen LogP contribution >= 0.6 is 11.8 Å². The van der Waals surface area contributed by atoms with Crippen LogP contribution in [0.1, 0.15) is 24.0 Å². The van der Waals surface area contributed by atoms with Gasteiger partial charge in [0.1, 0.15) is 0 Å². The monoisotopic (exact) mass is 281 g/mol. The summed E-state index contributed by atoms with van der Waals surface area (Å²) in [6.07, 6.45) is 3.74. The molecule has 4 rings (SSSR count). The molecule has 1 nitrogen and oxygen atoms in total. The van der Waals surface area contributed by atoms with Crippen LogP contribution in [0.5, 0.6) is 0 Å². The lowest BCUT2D eigenvalue weighted by Crippen LogP contribution is -2.25. The van der Waals surface area contributed by atoms with E-state index in [4.69, 9.17) is 0 Å². The van der Waals surface area contributed by atoms with Crippen LogP contribution in [0.15, 0.2) is 42.5 Å². The minimum Gasteiger partial charge on any atom is -0.381 e. The Hall–Kier alpha value is -1.41. The molecule has 2 aromatic carbocycles. The van der Waals surface area contributed by atoms with E-state index in [9.17, 15) is 0 Å². The molecule has 0 saturated carbocycles. The molecule has 1 aliphatic carbocycles. The molecule has 1 saturated heterocycles. The first-order chi connectivity index (χ1) is 9.90. The Labute approximate surface area is 124 Å². The Morgan fingerprint density at radius 1 is 1.00 bits per heavy atom. The Balaban J connectivity index is 1.58. The third-order valence-corrected chi connectivity index (χ3v) is 5.54. The number of hydrogen-bond acceptors (Lipinski definition) is 2. The normalized spacial score (nSPS) is 20.3. The number of fused-ring (bicyclic) bond motifs is 3. The lowest BCUT2D eigenvalue weighted by Gasteiger charge is -2.23. The molecule has 2 aromatic rings. The summed E-state index contributed by atoms with van der Waals surface area (Å²) in [4.78, 5) is 0. The fraction of sp³-hybridized carbons (Fsp3) is 0.333. The predicted molar refractivity (Wildman–Crippen MR) is 88.7 cm³/mol. The molecule has 0 aromatic heterocycles. The highest BCUT2D eigenvalue weighted by Gasteiger charge is 2.19. The molecule has 0 radical (unpaired) electrons. The molecule has 20 heavy (non-hydrogen) atoms. The molecule has 2 heteroatoms. The Bertz CT molecular complexity index is 629. The molecule has 102 valence electrons. The van der Waals surface area contributed by atoms with E-state index in [1.807, 2.05) is 0 Å². The SMILES string of the molecule is c1ccc2c(c1)Cc1cc(NC3CCCSC3)ccc1-2. The van der Waals surface area contributed by atoms with Gasteiger partial charge in [0.25, 0.3) is 0 Å². The van der Waals surface area contributed by atoms with E-state index >= 15 is 0 Å². The van der Waals surface area contributed by atoms with Crippen LogP contribution in [0.4, 0.5) is 5.69 Å². The summed E-state index contributed by atoms with van der Waals surface area (Å²) in [6, 6.07) is 16.3. The van der Waals surface area contributed by atoms with Crippen molar-refractivity contribution in [1.29, 1.82) is 0 Å². The topological polar surface area (TPSA) is 12.0 Å². The van der Waals surface area contributed by atoms with E-state index in [1.54, 1.807) is 0 Å². The molecular weight excluding hydrogens is 262 g/mol. The average Bonchev–Trinajstić information content (AvgIpc) is 2.86. The van der Waals surface area contributed by atoms with Gasteiger partial charge in [-0.1, -0.05) is 30.3 Å². The largest absolute Gasteiger partial charge is 0.381 e. The highest BCUT2D eigenvalue weighted by molar-refractivity contribution is 7.99. The maximum atomic E-state index is 3.72. The van der Waals surface area contributed by atoms with E-state index in [1.165, 1.54) is 52.3 Å². The third-order valence-electron chi connectivity index (χ3n) is 4.32. The van der Waals surface area contributed by atoms with Crippen LogP contribution in [-0.4, -0.2) is 17.5 Å². The van der Waals surface area contributed by atoms with Gasteiger partial charge in [-0.3, -0.25) is 0 Å². The van der Waals surface area contributed by atoms with Crippen molar-refractivity contribution in [3.05, 3.63) is 53.6 Å². The van der Waals surface area contributed by atoms with Crippen molar-refractivity contribution >= 4 is 17.4 Å². The van der Waals surface area contributed by atoms with Crippen LogP contribution in [-0.2, 0) is 6.42 Å². The number of rotatable bonds is 2. The highest BCUT2D eigenvalue weighted by atomic mass is 32.2. The number of nitrogens with one attached hydrogen (secondary N) is 1. The van der Waals surface area contributed by atoms with Gasteiger partial charge in [-0.25, -0.2) is 0 Å². The average molecular weight is 281 g/mol. The molecule has 0 spiro atoms. The van der Waals surface area contributed by atoms with E-state index in [0.29, 0.717) is 6.04 Å². The lowest BCUT2D eigenvalue weighted by atomic mass is 10.1. The fourth-order valence-electron chi connectivity index (χ4n) is 3.33. The predicted octanol–water partition coefficient (Wildman–Crippen LogP) is 4.57. The number of hydrogen-bond donors (Lipinski definition) is 1. The molecule has 2 aliphatic rings. The van der Waals surface area contributed by atoms with E-state index in [0.717, 1.165) is 6.42 Å². The molecule has 1 N–H and O–H groups in total. The van der Waals surface area contributed by atoms with Gasteiger partial charge in [-0.15, -0.1) is 0 Å². The van der Waals surface area contributed by atoms with E-state index in [2.05, 4.69) is 59.5 Å². The van der Waals surface area contributed by atoms with Crippen molar-refractivity contribution < 1.29 is 0 Å². The van der Waals surface area contributed by atoms with Gasteiger partial charge in [-0.2, -0.15) is 11.8 Å². The van der Waals surface area contributed by atoms with Crippen LogP contribution in [0.25, 0.3) is 11.1 Å². The first-order valence-corrected chi connectivity index (χ1v) is 8.61. The molecule has 1 aliphatic heterocycles. The smallest absolute Gasteiger partial charge is 0.0352 e. The molecule has 1 unspecified atom stereocenters. The fourth-order valence-corrected chi connectivity index (χ4v) is 4.40. The van der Waals surface area contributed by atoms with Gasteiger partial charge >= 0.3 is 0 Å². The first-order valence-electron chi connectivity index (χ1n) is 7.46. The van der Waals surface area contributed by atoms with Crippen molar-refractivity contribution in [2.24, 2.45) is 0 Å². The maximum absolute atomic E-state index is 3.72.